The number of carbonyl (C=O) groups excluding carboxylic acids is 1. The summed E-state index contributed by atoms with van der Waals surface area (Å²) < 4.78 is 0. The molecule has 0 N–H and O–H groups in total. The van der Waals surface area contributed by atoms with Gasteiger partial charge >= 0.3 is 0 Å². The molecular weight excluding hydrogens is 336 g/mol. The predicted octanol–water partition coefficient (Wildman–Crippen LogP) is 5.54. The highest BCUT2D eigenvalue weighted by Gasteiger charge is 2.18. The Bertz CT molecular complexity index is 616. The van der Waals surface area contributed by atoms with Crippen molar-refractivity contribution in [1.82, 2.24) is 0 Å². The summed E-state index contributed by atoms with van der Waals surface area (Å²) in [7, 11) is 0. The maximum absolute atomic E-state index is 11.7. The SMILES string of the molecule is CCCCCCC(=O)CCCCCCc1ccc([N+](=O)[O-])cc1[N+](=O)[O-]. The average molecular weight is 364 g/mol. The molecule has 0 radical (unpaired) electrons. The molecule has 26 heavy (non-hydrogen) atoms. The Morgan fingerprint density at radius 2 is 1.50 bits per heavy atom. The second-order valence-electron chi connectivity index (χ2n) is 6.59. The Balaban J connectivity index is 2.28. The molecule has 0 aromatic heterocycles. The van der Waals surface area contributed by atoms with Gasteiger partial charge in [0.2, 0.25) is 0 Å². The molecule has 0 unspecified atom stereocenters. The molecule has 1 aromatic rings. The van der Waals surface area contributed by atoms with Crippen molar-refractivity contribution >= 4 is 17.2 Å². The van der Waals surface area contributed by atoms with Gasteiger partial charge in [0, 0.05) is 24.5 Å². The molecule has 0 aliphatic carbocycles. The number of hydrogen-bond acceptors (Lipinski definition) is 5. The number of nitro groups is 2. The van der Waals surface area contributed by atoms with Crippen molar-refractivity contribution in [1.29, 1.82) is 0 Å². The van der Waals surface area contributed by atoms with Crippen molar-refractivity contribution in [2.24, 2.45) is 0 Å². The molecule has 0 bridgehead atoms. The number of non-ortho nitro benzene ring substituents is 1. The van der Waals surface area contributed by atoms with Crippen molar-refractivity contribution in [2.75, 3.05) is 0 Å². The molecule has 0 spiro atoms. The smallest absolute Gasteiger partial charge is 0.279 e. The molecule has 0 atom stereocenters. The normalized spacial score (nSPS) is 10.7. The third-order valence-corrected chi connectivity index (χ3v) is 4.44. The molecule has 0 saturated carbocycles. The van der Waals surface area contributed by atoms with Crippen LogP contribution in [0.25, 0.3) is 0 Å². The van der Waals surface area contributed by atoms with E-state index in [1.807, 2.05) is 0 Å². The van der Waals surface area contributed by atoms with Gasteiger partial charge in [-0.15, -0.1) is 0 Å². The summed E-state index contributed by atoms with van der Waals surface area (Å²) in [5.41, 5.74) is 0.0620. The first-order valence-electron chi connectivity index (χ1n) is 9.39. The van der Waals surface area contributed by atoms with Crippen LogP contribution in [-0.4, -0.2) is 15.6 Å². The average Bonchev–Trinajstić information content (AvgIpc) is 2.61. The van der Waals surface area contributed by atoms with Gasteiger partial charge in [-0.2, -0.15) is 0 Å². The van der Waals surface area contributed by atoms with Crippen molar-refractivity contribution in [3.63, 3.8) is 0 Å². The minimum Gasteiger partial charge on any atom is -0.300 e. The number of aryl methyl sites for hydroxylation is 1. The van der Waals surface area contributed by atoms with E-state index >= 15 is 0 Å². The zero-order valence-electron chi connectivity index (χ0n) is 15.4. The fourth-order valence-electron chi connectivity index (χ4n) is 2.91. The number of unbranched alkanes of at least 4 members (excludes halogenated alkanes) is 6. The van der Waals surface area contributed by atoms with Crippen LogP contribution in [-0.2, 0) is 11.2 Å². The number of carbonyl (C=O) groups is 1. The Labute approximate surface area is 154 Å². The van der Waals surface area contributed by atoms with Crippen LogP contribution < -0.4 is 0 Å². The van der Waals surface area contributed by atoms with Gasteiger partial charge in [-0.05, 0) is 31.7 Å². The van der Waals surface area contributed by atoms with Gasteiger partial charge in [0.05, 0.1) is 15.9 Å². The van der Waals surface area contributed by atoms with E-state index in [1.54, 1.807) is 0 Å². The van der Waals surface area contributed by atoms with E-state index in [0.29, 0.717) is 30.6 Å². The van der Waals surface area contributed by atoms with Crippen molar-refractivity contribution in [3.05, 3.63) is 44.0 Å². The monoisotopic (exact) mass is 364 g/mol. The summed E-state index contributed by atoms with van der Waals surface area (Å²) in [6.07, 6.45) is 9.69. The van der Waals surface area contributed by atoms with Gasteiger partial charge in [-0.3, -0.25) is 25.0 Å². The van der Waals surface area contributed by atoms with Crippen LogP contribution in [0.1, 0.15) is 76.7 Å². The lowest BCUT2D eigenvalue weighted by atomic mass is 10.0. The molecule has 0 heterocycles. The van der Waals surface area contributed by atoms with Crippen LogP contribution in [0.2, 0.25) is 0 Å². The highest BCUT2D eigenvalue weighted by molar-refractivity contribution is 5.78. The number of rotatable bonds is 14. The van der Waals surface area contributed by atoms with Crippen LogP contribution in [0.3, 0.4) is 0 Å². The Kier molecular flexibility index (Phi) is 10.1. The molecule has 0 amide bonds. The summed E-state index contributed by atoms with van der Waals surface area (Å²) in [4.78, 5) is 32.3. The summed E-state index contributed by atoms with van der Waals surface area (Å²) in [6, 6.07) is 3.79. The van der Waals surface area contributed by atoms with Gasteiger partial charge < -0.3 is 0 Å². The topological polar surface area (TPSA) is 103 Å². The number of benzene rings is 1. The minimum atomic E-state index is -0.629. The van der Waals surface area contributed by atoms with E-state index in [4.69, 9.17) is 0 Å². The molecule has 0 fully saturated rings. The Morgan fingerprint density at radius 1 is 0.885 bits per heavy atom. The van der Waals surface area contributed by atoms with Gasteiger partial charge in [-0.25, -0.2) is 0 Å². The largest absolute Gasteiger partial charge is 0.300 e. The highest BCUT2D eigenvalue weighted by atomic mass is 16.6. The van der Waals surface area contributed by atoms with Crippen LogP contribution >= 0.6 is 0 Å². The van der Waals surface area contributed by atoms with Crippen LogP contribution in [0.4, 0.5) is 11.4 Å². The van der Waals surface area contributed by atoms with Crippen molar-refractivity contribution in [2.45, 2.75) is 77.6 Å². The van der Waals surface area contributed by atoms with Gasteiger partial charge in [0.1, 0.15) is 5.78 Å². The number of nitro benzene ring substituents is 2. The number of Topliss-reactive ketones (excluding diaryl/α,β-unsaturated/α-hetero) is 1. The molecular formula is C19H28N2O5. The third kappa shape index (κ3) is 8.18. The molecule has 1 rings (SSSR count). The fraction of sp³-hybridized carbons (Fsp3) is 0.632. The number of nitrogens with zero attached hydrogens (tertiary/aromatic N) is 2. The molecule has 144 valence electrons. The Hall–Kier alpha value is -2.31. The molecule has 0 aliphatic rings. The first kappa shape index (κ1) is 21.7. The maximum atomic E-state index is 11.7. The van der Waals surface area contributed by atoms with Gasteiger partial charge in [-0.1, -0.05) is 39.0 Å². The van der Waals surface area contributed by atoms with E-state index in [1.165, 1.54) is 25.0 Å². The lowest BCUT2D eigenvalue weighted by Crippen LogP contribution is -1.99. The predicted molar refractivity (Wildman–Crippen MR) is 100 cm³/mol. The van der Waals surface area contributed by atoms with Crippen LogP contribution in [0.5, 0.6) is 0 Å². The van der Waals surface area contributed by atoms with Crippen LogP contribution in [0.15, 0.2) is 18.2 Å². The quantitative estimate of drug-likeness (QED) is 0.245. The molecule has 0 aliphatic heterocycles. The lowest BCUT2D eigenvalue weighted by molar-refractivity contribution is -0.394. The number of ketones is 1. The van der Waals surface area contributed by atoms with Gasteiger partial charge in [0.25, 0.3) is 11.4 Å². The second kappa shape index (κ2) is 12.1. The van der Waals surface area contributed by atoms with E-state index < -0.39 is 9.85 Å². The highest BCUT2D eigenvalue weighted by Crippen LogP contribution is 2.26. The summed E-state index contributed by atoms with van der Waals surface area (Å²) in [5.74, 6) is 0.326. The summed E-state index contributed by atoms with van der Waals surface area (Å²) in [5, 5.41) is 21.8. The summed E-state index contributed by atoms with van der Waals surface area (Å²) >= 11 is 0. The summed E-state index contributed by atoms with van der Waals surface area (Å²) in [6.45, 7) is 2.15. The first-order chi connectivity index (χ1) is 12.5. The van der Waals surface area contributed by atoms with Crippen molar-refractivity contribution < 1.29 is 14.6 Å². The third-order valence-electron chi connectivity index (χ3n) is 4.44. The first-order valence-corrected chi connectivity index (χ1v) is 9.39. The lowest BCUT2D eigenvalue weighted by Gasteiger charge is -2.04. The fourth-order valence-corrected chi connectivity index (χ4v) is 2.91. The van der Waals surface area contributed by atoms with Crippen LogP contribution in [0, 0.1) is 20.2 Å². The molecule has 7 heteroatoms. The van der Waals surface area contributed by atoms with E-state index in [0.717, 1.165) is 44.6 Å². The molecule has 1 aromatic carbocycles. The maximum Gasteiger partial charge on any atom is 0.279 e. The standard InChI is InChI=1S/C19H28N2O5/c1-2-3-4-8-11-18(22)12-9-6-5-7-10-16-13-14-17(20(23)24)15-19(16)21(25)26/h13-15H,2-12H2,1H3. The number of hydrogen-bond donors (Lipinski definition) is 0. The molecule has 7 nitrogen and oxygen atoms in total. The van der Waals surface area contributed by atoms with E-state index in [-0.39, 0.29) is 11.4 Å². The van der Waals surface area contributed by atoms with Crippen molar-refractivity contribution in [3.8, 4) is 0 Å². The minimum absolute atomic E-state index is 0.193. The molecule has 0 saturated heterocycles. The van der Waals surface area contributed by atoms with E-state index in [9.17, 15) is 25.0 Å². The Morgan fingerprint density at radius 3 is 2.08 bits per heavy atom. The zero-order valence-corrected chi connectivity index (χ0v) is 15.4. The second-order valence-corrected chi connectivity index (χ2v) is 6.59. The van der Waals surface area contributed by atoms with E-state index in [2.05, 4.69) is 6.92 Å². The zero-order chi connectivity index (χ0) is 19.4. The van der Waals surface area contributed by atoms with Gasteiger partial charge in [0.15, 0.2) is 0 Å².